The van der Waals surface area contributed by atoms with E-state index < -0.39 is 0 Å². The fourth-order valence-electron chi connectivity index (χ4n) is 3.63. The molecule has 150 valence electrons. The van der Waals surface area contributed by atoms with Crippen LogP contribution in [-0.2, 0) is 11.3 Å². The molecule has 1 aliphatic rings. The lowest BCUT2D eigenvalue weighted by molar-refractivity contribution is -0.0265. The van der Waals surface area contributed by atoms with Gasteiger partial charge in [-0.25, -0.2) is 4.39 Å². The average molecular weight is 384 g/mol. The molecular formula is C23H30FN3O. The number of guanidine groups is 1. The maximum atomic E-state index is 13.4. The van der Waals surface area contributed by atoms with E-state index in [1.807, 2.05) is 6.07 Å². The Labute approximate surface area is 167 Å². The molecule has 1 heterocycles. The molecule has 1 fully saturated rings. The summed E-state index contributed by atoms with van der Waals surface area (Å²) in [6.07, 6.45) is 2.31. The van der Waals surface area contributed by atoms with E-state index in [1.54, 1.807) is 20.0 Å². The zero-order chi connectivity index (χ0) is 19.9. The summed E-state index contributed by atoms with van der Waals surface area (Å²) >= 11 is 0. The van der Waals surface area contributed by atoms with Crippen LogP contribution in [-0.4, -0.2) is 26.2 Å². The summed E-state index contributed by atoms with van der Waals surface area (Å²) in [6.45, 7) is 6.08. The Morgan fingerprint density at radius 2 is 1.93 bits per heavy atom. The molecule has 2 atom stereocenters. The summed E-state index contributed by atoms with van der Waals surface area (Å²) in [5, 5.41) is 6.74. The lowest BCUT2D eigenvalue weighted by atomic mass is 9.89. The molecule has 2 aromatic rings. The molecule has 0 saturated carbocycles. The first-order valence-electron chi connectivity index (χ1n) is 9.94. The summed E-state index contributed by atoms with van der Waals surface area (Å²) in [4.78, 5) is 4.32. The summed E-state index contributed by atoms with van der Waals surface area (Å²) in [6, 6.07) is 13.8. The lowest BCUT2D eigenvalue weighted by Gasteiger charge is -2.32. The van der Waals surface area contributed by atoms with Gasteiger partial charge in [-0.1, -0.05) is 42.0 Å². The van der Waals surface area contributed by atoms with Crippen LogP contribution in [0.15, 0.2) is 47.5 Å². The van der Waals surface area contributed by atoms with Gasteiger partial charge in [0.1, 0.15) is 5.82 Å². The molecule has 0 bridgehead atoms. The van der Waals surface area contributed by atoms with Crippen LogP contribution in [0.25, 0.3) is 0 Å². The summed E-state index contributed by atoms with van der Waals surface area (Å²) in [7, 11) is 1.76. The fourth-order valence-corrected chi connectivity index (χ4v) is 3.63. The van der Waals surface area contributed by atoms with Crippen molar-refractivity contribution in [2.75, 3.05) is 20.2 Å². The predicted octanol–water partition coefficient (Wildman–Crippen LogP) is 4.28. The van der Waals surface area contributed by atoms with Gasteiger partial charge in [-0.2, -0.15) is 0 Å². The highest BCUT2D eigenvalue weighted by molar-refractivity contribution is 5.79. The number of hydrogen-bond acceptors (Lipinski definition) is 2. The SMILES string of the molecule is CN=C(NCc1ccc(F)c(C)c1)NCC1CCCOC1c1ccc(C)cc1. The van der Waals surface area contributed by atoms with Crippen molar-refractivity contribution in [3.63, 3.8) is 0 Å². The zero-order valence-electron chi connectivity index (χ0n) is 17.0. The molecule has 2 unspecified atom stereocenters. The van der Waals surface area contributed by atoms with Crippen molar-refractivity contribution in [3.05, 3.63) is 70.5 Å². The number of aryl methyl sites for hydroxylation is 2. The number of rotatable bonds is 5. The highest BCUT2D eigenvalue weighted by Gasteiger charge is 2.27. The number of aliphatic imine (C=N–C) groups is 1. The van der Waals surface area contributed by atoms with Gasteiger partial charge in [0.05, 0.1) is 6.10 Å². The van der Waals surface area contributed by atoms with E-state index in [0.29, 0.717) is 18.0 Å². The van der Waals surface area contributed by atoms with Crippen molar-refractivity contribution in [1.82, 2.24) is 10.6 Å². The van der Waals surface area contributed by atoms with E-state index in [4.69, 9.17) is 4.74 Å². The Balaban J connectivity index is 1.56. The Bertz CT molecular complexity index is 804. The molecule has 1 saturated heterocycles. The maximum Gasteiger partial charge on any atom is 0.191 e. The van der Waals surface area contributed by atoms with E-state index in [0.717, 1.165) is 37.5 Å². The van der Waals surface area contributed by atoms with Gasteiger partial charge >= 0.3 is 0 Å². The molecule has 3 rings (SSSR count). The molecule has 0 aliphatic carbocycles. The Morgan fingerprint density at radius 1 is 1.14 bits per heavy atom. The molecule has 2 N–H and O–H groups in total. The van der Waals surface area contributed by atoms with Crippen molar-refractivity contribution in [2.24, 2.45) is 10.9 Å². The van der Waals surface area contributed by atoms with Gasteiger partial charge in [0.25, 0.3) is 0 Å². The van der Waals surface area contributed by atoms with Crippen LogP contribution >= 0.6 is 0 Å². The molecular weight excluding hydrogens is 353 g/mol. The van der Waals surface area contributed by atoms with E-state index in [2.05, 4.69) is 46.8 Å². The van der Waals surface area contributed by atoms with Gasteiger partial charge in [-0.05, 0) is 49.4 Å². The van der Waals surface area contributed by atoms with E-state index in [9.17, 15) is 4.39 Å². The van der Waals surface area contributed by atoms with Gasteiger partial charge < -0.3 is 15.4 Å². The molecule has 1 aliphatic heterocycles. The molecule has 5 heteroatoms. The van der Waals surface area contributed by atoms with Crippen LogP contribution in [0.5, 0.6) is 0 Å². The van der Waals surface area contributed by atoms with Crippen LogP contribution in [0.4, 0.5) is 4.39 Å². The number of nitrogens with one attached hydrogen (secondary N) is 2. The van der Waals surface area contributed by atoms with E-state index >= 15 is 0 Å². The van der Waals surface area contributed by atoms with Crippen LogP contribution in [0.2, 0.25) is 0 Å². The summed E-state index contributed by atoms with van der Waals surface area (Å²) in [5.74, 6) is 0.962. The lowest BCUT2D eigenvalue weighted by Crippen LogP contribution is -2.41. The number of nitrogens with zero attached hydrogens (tertiary/aromatic N) is 1. The molecule has 2 aromatic carbocycles. The van der Waals surface area contributed by atoms with Crippen LogP contribution in [0.3, 0.4) is 0 Å². The molecule has 4 nitrogen and oxygen atoms in total. The van der Waals surface area contributed by atoms with Crippen LogP contribution < -0.4 is 10.6 Å². The maximum absolute atomic E-state index is 13.4. The number of hydrogen-bond donors (Lipinski definition) is 2. The Kier molecular flexibility index (Phi) is 7.04. The first-order chi connectivity index (χ1) is 13.6. The monoisotopic (exact) mass is 383 g/mol. The second-order valence-corrected chi connectivity index (χ2v) is 7.49. The van der Waals surface area contributed by atoms with Crippen molar-refractivity contribution < 1.29 is 9.13 Å². The second-order valence-electron chi connectivity index (χ2n) is 7.49. The van der Waals surface area contributed by atoms with Crippen molar-refractivity contribution in [1.29, 1.82) is 0 Å². The number of benzene rings is 2. The highest BCUT2D eigenvalue weighted by Crippen LogP contribution is 2.33. The van der Waals surface area contributed by atoms with E-state index in [-0.39, 0.29) is 11.9 Å². The fraction of sp³-hybridized carbons (Fsp3) is 0.435. The first-order valence-corrected chi connectivity index (χ1v) is 9.94. The molecule has 0 amide bonds. The minimum atomic E-state index is -0.175. The third-order valence-corrected chi connectivity index (χ3v) is 5.29. The van der Waals surface area contributed by atoms with Crippen LogP contribution in [0.1, 0.15) is 41.2 Å². The molecule has 28 heavy (non-hydrogen) atoms. The number of ether oxygens (including phenoxy) is 1. The standard InChI is InChI=1S/C23H30FN3O/c1-16-6-9-19(10-7-16)22-20(5-4-12-28-22)15-27-23(25-3)26-14-18-8-11-21(24)17(2)13-18/h6-11,13,20,22H,4-5,12,14-15H2,1-3H3,(H2,25,26,27). The van der Waals surface area contributed by atoms with Gasteiger partial charge in [0.2, 0.25) is 0 Å². The smallest absolute Gasteiger partial charge is 0.191 e. The van der Waals surface area contributed by atoms with Crippen molar-refractivity contribution >= 4 is 5.96 Å². The third kappa shape index (κ3) is 5.32. The topological polar surface area (TPSA) is 45.7 Å². The largest absolute Gasteiger partial charge is 0.373 e. The zero-order valence-corrected chi connectivity index (χ0v) is 17.0. The molecule has 0 spiro atoms. The highest BCUT2D eigenvalue weighted by atomic mass is 19.1. The molecule has 0 aromatic heterocycles. The van der Waals surface area contributed by atoms with Crippen molar-refractivity contribution in [3.8, 4) is 0 Å². The van der Waals surface area contributed by atoms with Crippen LogP contribution in [0, 0.1) is 25.6 Å². The quantitative estimate of drug-likeness (QED) is 0.599. The minimum absolute atomic E-state index is 0.111. The Morgan fingerprint density at radius 3 is 2.64 bits per heavy atom. The first kappa shape index (κ1) is 20.3. The average Bonchev–Trinajstić information content (AvgIpc) is 2.71. The van der Waals surface area contributed by atoms with Gasteiger partial charge in [-0.3, -0.25) is 4.99 Å². The third-order valence-electron chi connectivity index (χ3n) is 5.29. The predicted molar refractivity (Wildman–Crippen MR) is 112 cm³/mol. The number of halogens is 1. The van der Waals surface area contributed by atoms with Gasteiger partial charge in [0.15, 0.2) is 5.96 Å². The molecule has 0 radical (unpaired) electrons. The van der Waals surface area contributed by atoms with Gasteiger partial charge in [0, 0.05) is 32.7 Å². The summed E-state index contributed by atoms with van der Waals surface area (Å²) in [5.41, 5.74) is 4.18. The van der Waals surface area contributed by atoms with Crippen molar-refractivity contribution in [2.45, 2.75) is 39.3 Å². The normalized spacial score (nSPS) is 20.1. The summed E-state index contributed by atoms with van der Waals surface area (Å²) < 4.78 is 19.5. The second kappa shape index (κ2) is 9.69. The van der Waals surface area contributed by atoms with E-state index in [1.165, 1.54) is 17.2 Å². The Hall–Kier alpha value is -2.40. The minimum Gasteiger partial charge on any atom is -0.373 e. The van der Waals surface area contributed by atoms with Gasteiger partial charge in [-0.15, -0.1) is 0 Å².